The van der Waals surface area contributed by atoms with Gasteiger partial charge in [-0.2, -0.15) is 0 Å². The highest BCUT2D eigenvalue weighted by molar-refractivity contribution is 4.51. The van der Waals surface area contributed by atoms with Gasteiger partial charge < -0.3 is 11.5 Å². The van der Waals surface area contributed by atoms with E-state index < -0.39 is 0 Å². The number of nitrogens with two attached hydrogens (primary N) is 2. The van der Waals surface area contributed by atoms with Gasteiger partial charge in [-0.15, -0.1) is 0 Å². The first-order chi connectivity index (χ1) is 5.77. The van der Waals surface area contributed by atoms with Gasteiger partial charge in [0.1, 0.15) is 0 Å². The van der Waals surface area contributed by atoms with Gasteiger partial charge >= 0.3 is 0 Å². The Morgan fingerprint density at radius 1 is 1.08 bits per heavy atom. The minimum atomic E-state index is -0.193. The highest BCUT2D eigenvalue weighted by Gasteiger charge is 1.94. The van der Waals surface area contributed by atoms with Gasteiger partial charge in [-0.1, -0.05) is 24.3 Å². The molecule has 0 saturated carbocycles. The molecule has 0 atom stereocenters. The van der Waals surface area contributed by atoms with Crippen LogP contribution in [-0.4, -0.2) is 18.0 Å². The van der Waals surface area contributed by atoms with Crippen molar-refractivity contribution in [3.05, 3.63) is 0 Å². The molecule has 0 amide bonds. The highest BCUT2D eigenvalue weighted by atomic mass is 17.5. The van der Waals surface area contributed by atoms with Crippen molar-refractivity contribution in [1.82, 2.24) is 0 Å². The molecule has 12 heavy (non-hydrogen) atoms. The van der Waals surface area contributed by atoms with Gasteiger partial charge in [-0.3, -0.25) is 0 Å². The third-order valence-electron chi connectivity index (χ3n) is 1.57. The molecule has 74 valence electrons. The van der Waals surface area contributed by atoms with E-state index in [9.17, 15) is 0 Å². The molecule has 0 aromatic rings. The van der Waals surface area contributed by atoms with Gasteiger partial charge in [0.15, 0.2) is 0 Å². The number of rotatable bonds is 8. The monoisotopic (exact) mass is 178 g/mol. The Morgan fingerprint density at radius 2 is 1.75 bits per heavy atom. The predicted molar refractivity (Wildman–Crippen MR) is 44.9 cm³/mol. The van der Waals surface area contributed by atoms with Crippen LogP contribution < -0.4 is 11.5 Å². The van der Waals surface area contributed by atoms with Gasteiger partial charge in [0.05, 0.1) is 12.8 Å². The number of hydrogen-bond donors (Lipinski definition) is 3. The molecule has 0 unspecified atom stereocenters. The van der Waals surface area contributed by atoms with E-state index in [1.54, 1.807) is 0 Å². The van der Waals surface area contributed by atoms with E-state index in [4.69, 9.17) is 16.7 Å². The quantitative estimate of drug-likeness (QED) is 0.219. The summed E-state index contributed by atoms with van der Waals surface area (Å²) in [6.07, 6.45) is 4.70. The third-order valence-corrected chi connectivity index (χ3v) is 1.57. The molecule has 0 aliphatic heterocycles. The van der Waals surface area contributed by atoms with Crippen LogP contribution in [0.25, 0.3) is 0 Å². The SMILES string of the molecule is NC(N)CCCCCCOOO. The summed E-state index contributed by atoms with van der Waals surface area (Å²) in [6, 6.07) is 0. The Labute approximate surface area is 72.5 Å². The predicted octanol–water partition coefficient (Wildman–Crippen LogP) is 0.602. The summed E-state index contributed by atoms with van der Waals surface area (Å²) in [5.41, 5.74) is 10.7. The fourth-order valence-electron chi connectivity index (χ4n) is 0.932. The normalized spacial score (nSPS) is 11.0. The van der Waals surface area contributed by atoms with Gasteiger partial charge in [0.2, 0.25) is 0 Å². The van der Waals surface area contributed by atoms with Crippen LogP contribution in [0.3, 0.4) is 0 Å². The minimum Gasteiger partial charge on any atom is -0.316 e. The van der Waals surface area contributed by atoms with Crippen molar-refractivity contribution in [3.8, 4) is 0 Å². The first-order valence-electron chi connectivity index (χ1n) is 4.21. The molecule has 0 radical (unpaired) electrons. The van der Waals surface area contributed by atoms with Crippen LogP contribution in [-0.2, 0) is 9.93 Å². The van der Waals surface area contributed by atoms with Crippen molar-refractivity contribution in [2.24, 2.45) is 11.5 Å². The van der Waals surface area contributed by atoms with Crippen LogP contribution in [0.5, 0.6) is 0 Å². The van der Waals surface area contributed by atoms with E-state index in [2.05, 4.69) is 9.93 Å². The maximum atomic E-state index is 7.79. The molecular weight excluding hydrogens is 160 g/mol. The van der Waals surface area contributed by atoms with E-state index in [-0.39, 0.29) is 6.17 Å². The van der Waals surface area contributed by atoms with Crippen LogP contribution in [0.4, 0.5) is 0 Å². The smallest absolute Gasteiger partial charge is 0.0853 e. The molecule has 0 rings (SSSR count). The zero-order chi connectivity index (χ0) is 9.23. The van der Waals surface area contributed by atoms with Crippen LogP contribution in [0.15, 0.2) is 0 Å². The Balaban J connectivity index is 2.82. The Kier molecular flexibility index (Phi) is 8.74. The van der Waals surface area contributed by atoms with Crippen LogP contribution in [0.1, 0.15) is 32.1 Å². The standard InChI is InChI=1S/C7H18N2O3/c8-7(9)5-3-1-2-4-6-11-12-10/h7,10H,1-6,8-9H2. The summed E-state index contributed by atoms with van der Waals surface area (Å²) < 4.78 is 0. The second kappa shape index (κ2) is 8.89. The van der Waals surface area contributed by atoms with E-state index >= 15 is 0 Å². The number of unbranched alkanes of at least 4 members (excludes halogenated alkanes) is 3. The lowest BCUT2D eigenvalue weighted by molar-refractivity contribution is -0.490. The molecule has 0 saturated heterocycles. The van der Waals surface area contributed by atoms with Crippen LogP contribution in [0, 0.1) is 0 Å². The van der Waals surface area contributed by atoms with Gasteiger partial charge in [0.25, 0.3) is 0 Å². The Bertz CT molecular complexity index is 90.7. The summed E-state index contributed by atoms with van der Waals surface area (Å²) in [4.78, 5) is 4.27. The molecule has 5 N–H and O–H groups in total. The molecular formula is C7H18N2O3. The average Bonchev–Trinajstić information content (AvgIpc) is 2.02. The maximum Gasteiger partial charge on any atom is 0.0853 e. The molecule has 5 nitrogen and oxygen atoms in total. The Morgan fingerprint density at radius 3 is 2.33 bits per heavy atom. The van der Waals surface area contributed by atoms with E-state index in [0.717, 1.165) is 32.1 Å². The molecule has 0 aromatic heterocycles. The second-order valence-electron chi connectivity index (χ2n) is 2.76. The van der Waals surface area contributed by atoms with Crippen LogP contribution >= 0.6 is 0 Å². The fraction of sp³-hybridized carbons (Fsp3) is 1.00. The average molecular weight is 178 g/mol. The van der Waals surface area contributed by atoms with Crippen molar-refractivity contribution in [3.63, 3.8) is 0 Å². The molecule has 0 aliphatic carbocycles. The zero-order valence-corrected chi connectivity index (χ0v) is 7.24. The second-order valence-corrected chi connectivity index (χ2v) is 2.76. The molecule has 0 bridgehead atoms. The summed E-state index contributed by atoms with van der Waals surface area (Å²) in [7, 11) is 0. The van der Waals surface area contributed by atoms with E-state index in [0.29, 0.717) is 6.61 Å². The van der Waals surface area contributed by atoms with Crippen molar-refractivity contribution in [2.75, 3.05) is 6.61 Å². The first-order valence-corrected chi connectivity index (χ1v) is 4.21. The maximum absolute atomic E-state index is 7.79. The molecule has 0 aliphatic rings. The van der Waals surface area contributed by atoms with Crippen molar-refractivity contribution >= 4 is 0 Å². The Hall–Kier alpha value is -0.200. The lowest BCUT2D eigenvalue weighted by Crippen LogP contribution is -2.29. The molecule has 0 spiro atoms. The topological polar surface area (TPSA) is 90.7 Å². The van der Waals surface area contributed by atoms with Gasteiger partial charge in [0, 0.05) is 0 Å². The molecule has 0 fully saturated rings. The van der Waals surface area contributed by atoms with Gasteiger partial charge in [-0.05, 0) is 12.8 Å². The molecule has 0 aromatic carbocycles. The van der Waals surface area contributed by atoms with E-state index in [1.165, 1.54) is 0 Å². The highest BCUT2D eigenvalue weighted by Crippen LogP contribution is 2.03. The van der Waals surface area contributed by atoms with Gasteiger partial charge in [-0.25, -0.2) is 10.1 Å². The number of hydrogen-bond acceptors (Lipinski definition) is 5. The largest absolute Gasteiger partial charge is 0.316 e. The van der Waals surface area contributed by atoms with Crippen molar-refractivity contribution in [1.29, 1.82) is 0 Å². The summed E-state index contributed by atoms with van der Waals surface area (Å²) in [5.74, 6) is 0. The fourth-order valence-corrected chi connectivity index (χ4v) is 0.932. The van der Waals surface area contributed by atoms with Crippen LogP contribution in [0.2, 0.25) is 0 Å². The van der Waals surface area contributed by atoms with Crippen molar-refractivity contribution in [2.45, 2.75) is 38.3 Å². The van der Waals surface area contributed by atoms with E-state index in [1.807, 2.05) is 0 Å². The van der Waals surface area contributed by atoms with Crippen molar-refractivity contribution < 1.29 is 15.2 Å². The lowest BCUT2D eigenvalue weighted by Gasteiger charge is -2.03. The molecule has 0 heterocycles. The summed E-state index contributed by atoms with van der Waals surface area (Å²) in [6.45, 7) is 0.422. The summed E-state index contributed by atoms with van der Waals surface area (Å²) in [5, 5.41) is 11.2. The molecule has 5 heteroatoms. The zero-order valence-electron chi connectivity index (χ0n) is 7.24. The minimum absolute atomic E-state index is 0.193. The lowest BCUT2D eigenvalue weighted by atomic mass is 10.1. The third kappa shape index (κ3) is 9.80. The first kappa shape index (κ1) is 11.8. The summed E-state index contributed by atoms with van der Waals surface area (Å²) >= 11 is 0.